The highest BCUT2D eigenvalue weighted by molar-refractivity contribution is 5.82. The van der Waals surface area contributed by atoms with Crippen molar-refractivity contribution in [1.82, 2.24) is 14.8 Å². The second-order valence-electron chi connectivity index (χ2n) is 3.17. The molecule has 0 aliphatic carbocycles. The lowest BCUT2D eigenvalue weighted by atomic mass is 10.2. The van der Waals surface area contributed by atoms with E-state index in [1.165, 1.54) is 0 Å². The molecule has 2 aromatic rings. The molecule has 0 aliphatic rings. The molecule has 0 atom stereocenters. The number of hydrogen-bond acceptors (Lipinski definition) is 3. The molecular weight excluding hydrogens is 178 g/mol. The predicted octanol–water partition coefficient (Wildman–Crippen LogP) is 1.54. The number of rotatable bonds is 2. The number of aromatic nitrogens is 3. The Morgan fingerprint density at radius 1 is 1.50 bits per heavy atom. The molecule has 0 fully saturated rings. The van der Waals surface area contributed by atoms with E-state index < -0.39 is 0 Å². The maximum absolute atomic E-state index is 5.29. The molecule has 2 rings (SSSR count). The van der Waals surface area contributed by atoms with Gasteiger partial charge in [-0.1, -0.05) is 6.92 Å². The van der Waals surface area contributed by atoms with Gasteiger partial charge in [0.15, 0.2) is 5.65 Å². The Kier molecular flexibility index (Phi) is 2.11. The SMILES string of the molecule is CCc1cc(OC)c2cnn(C)c2n1. The van der Waals surface area contributed by atoms with Gasteiger partial charge < -0.3 is 4.74 Å². The summed E-state index contributed by atoms with van der Waals surface area (Å²) in [5.74, 6) is 0.847. The molecule has 0 amide bonds. The Balaban J connectivity index is 2.76. The van der Waals surface area contributed by atoms with Crippen LogP contribution in [0.3, 0.4) is 0 Å². The number of ether oxygens (including phenoxy) is 1. The minimum absolute atomic E-state index is 0.847. The normalized spacial score (nSPS) is 10.8. The average molecular weight is 191 g/mol. The first-order valence-electron chi connectivity index (χ1n) is 4.62. The molecule has 0 saturated carbocycles. The first-order valence-corrected chi connectivity index (χ1v) is 4.62. The van der Waals surface area contributed by atoms with Crippen LogP contribution in [0, 0.1) is 0 Å². The van der Waals surface area contributed by atoms with Gasteiger partial charge in [0.25, 0.3) is 0 Å². The molecular formula is C10H13N3O. The molecule has 0 spiro atoms. The van der Waals surface area contributed by atoms with Crippen molar-refractivity contribution in [2.75, 3.05) is 7.11 Å². The van der Waals surface area contributed by atoms with E-state index in [0.717, 1.165) is 28.9 Å². The van der Waals surface area contributed by atoms with Crippen LogP contribution in [0.15, 0.2) is 12.3 Å². The van der Waals surface area contributed by atoms with E-state index in [1.807, 2.05) is 13.1 Å². The third-order valence-electron chi connectivity index (χ3n) is 2.30. The summed E-state index contributed by atoms with van der Waals surface area (Å²) >= 11 is 0. The summed E-state index contributed by atoms with van der Waals surface area (Å²) in [5.41, 5.74) is 1.90. The topological polar surface area (TPSA) is 39.9 Å². The van der Waals surface area contributed by atoms with Crippen LogP contribution in [0.5, 0.6) is 5.75 Å². The average Bonchev–Trinajstić information content (AvgIpc) is 2.59. The van der Waals surface area contributed by atoms with Crippen LogP contribution < -0.4 is 4.74 Å². The maximum Gasteiger partial charge on any atom is 0.161 e. The van der Waals surface area contributed by atoms with Crippen molar-refractivity contribution in [2.45, 2.75) is 13.3 Å². The Labute approximate surface area is 82.5 Å². The summed E-state index contributed by atoms with van der Waals surface area (Å²) in [5, 5.41) is 5.12. The number of methoxy groups -OCH3 is 1. The Hall–Kier alpha value is -1.58. The van der Waals surface area contributed by atoms with Crippen LogP contribution in [0.25, 0.3) is 11.0 Å². The second kappa shape index (κ2) is 3.29. The molecule has 2 heterocycles. The molecule has 4 heteroatoms. The fraction of sp³-hybridized carbons (Fsp3) is 0.400. The molecule has 74 valence electrons. The lowest BCUT2D eigenvalue weighted by molar-refractivity contribution is 0.419. The van der Waals surface area contributed by atoms with Gasteiger partial charge in [0.2, 0.25) is 0 Å². The third kappa shape index (κ3) is 1.23. The van der Waals surface area contributed by atoms with Gasteiger partial charge in [0, 0.05) is 18.8 Å². The monoisotopic (exact) mass is 191 g/mol. The zero-order valence-corrected chi connectivity index (χ0v) is 8.61. The summed E-state index contributed by atoms with van der Waals surface area (Å²) in [6, 6.07) is 1.96. The van der Waals surface area contributed by atoms with Crippen molar-refractivity contribution < 1.29 is 4.74 Å². The zero-order valence-electron chi connectivity index (χ0n) is 8.61. The van der Waals surface area contributed by atoms with Gasteiger partial charge >= 0.3 is 0 Å². The molecule has 0 bridgehead atoms. The van der Waals surface area contributed by atoms with E-state index in [4.69, 9.17) is 4.74 Å². The van der Waals surface area contributed by atoms with Gasteiger partial charge in [-0.25, -0.2) is 4.98 Å². The Morgan fingerprint density at radius 2 is 2.29 bits per heavy atom. The van der Waals surface area contributed by atoms with E-state index in [0.29, 0.717) is 0 Å². The fourth-order valence-electron chi connectivity index (χ4n) is 1.48. The number of pyridine rings is 1. The first-order chi connectivity index (χ1) is 6.76. The molecule has 2 aromatic heterocycles. The quantitative estimate of drug-likeness (QED) is 0.722. The van der Waals surface area contributed by atoms with Crippen molar-refractivity contribution in [3.8, 4) is 5.75 Å². The molecule has 0 aliphatic heterocycles. The molecule has 0 saturated heterocycles. The number of fused-ring (bicyclic) bond motifs is 1. The summed E-state index contributed by atoms with van der Waals surface area (Å²) in [4.78, 5) is 4.48. The van der Waals surface area contributed by atoms with Crippen LogP contribution in [-0.2, 0) is 13.5 Å². The summed E-state index contributed by atoms with van der Waals surface area (Å²) in [7, 11) is 3.55. The highest BCUT2D eigenvalue weighted by Gasteiger charge is 2.08. The molecule has 0 aromatic carbocycles. The van der Waals surface area contributed by atoms with Gasteiger partial charge in [-0.05, 0) is 6.42 Å². The first kappa shape index (κ1) is 8.99. The van der Waals surface area contributed by atoms with Crippen molar-refractivity contribution in [3.05, 3.63) is 18.0 Å². The van der Waals surface area contributed by atoms with Gasteiger partial charge in [0.05, 0.1) is 18.7 Å². The van der Waals surface area contributed by atoms with Crippen molar-refractivity contribution >= 4 is 11.0 Å². The number of aryl methyl sites for hydroxylation is 2. The van der Waals surface area contributed by atoms with Crippen LogP contribution in [0.4, 0.5) is 0 Å². The highest BCUT2D eigenvalue weighted by atomic mass is 16.5. The largest absolute Gasteiger partial charge is 0.496 e. The summed E-state index contributed by atoms with van der Waals surface area (Å²) in [6.07, 6.45) is 2.68. The van der Waals surface area contributed by atoms with Crippen molar-refractivity contribution in [3.63, 3.8) is 0 Å². The van der Waals surface area contributed by atoms with Gasteiger partial charge in [-0.3, -0.25) is 4.68 Å². The lowest BCUT2D eigenvalue weighted by Crippen LogP contribution is -1.96. The van der Waals surface area contributed by atoms with E-state index in [1.54, 1.807) is 18.0 Å². The van der Waals surface area contributed by atoms with Crippen LogP contribution in [0.2, 0.25) is 0 Å². The fourth-order valence-corrected chi connectivity index (χ4v) is 1.48. The molecule has 0 radical (unpaired) electrons. The highest BCUT2D eigenvalue weighted by Crippen LogP contribution is 2.24. The van der Waals surface area contributed by atoms with E-state index in [-0.39, 0.29) is 0 Å². The minimum atomic E-state index is 0.847. The van der Waals surface area contributed by atoms with Crippen LogP contribution >= 0.6 is 0 Å². The van der Waals surface area contributed by atoms with Gasteiger partial charge in [-0.15, -0.1) is 0 Å². The maximum atomic E-state index is 5.29. The molecule has 0 unspecified atom stereocenters. The number of nitrogens with zero attached hydrogens (tertiary/aromatic N) is 3. The second-order valence-corrected chi connectivity index (χ2v) is 3.17. The predicted molar refractivity (Wildman–Crippen MR) is 54.4 cm³/mol. The molecule has 0 N–H and O–H groups in total. The minimum Gasteiger partial charge on any atom is -0.496 e. The zero-order chi connectivity index (χ0) is 10.1. The van der Waals surface area contributed by atoms with Crippen molar-refractivity contribution in [2.24, 2.45) is 7.05 Å². The summed E-state index contributed by atoms with van der Waals surface area (Å²) < 4.78 is 7.05. The lowest BCUT2D eigenvalue weighted by Gasteiger charge is -2.04. The standard InChI is InChI=1S/C10H13N3O/c1-4-7-5-9(14-3)8-6-11-13(2)10(8)12-7/h5-6H,4H2,1-3H3. The van der Waals surface area contributed by atoms with E-state index in [2.05, 4.69) is 17.0 Å². The van der Waals surface area contributed by atoms with E-state index >= 15 is 0 Å². The van der Waals surface area contributed by atoms with Crippen molar-refractivity contribution in [1.29, 1.82) is 0 Å². The Bertz CT molecular complexity index is 462. The Morgan fingerprint density at radius 3 is 2.93 bits per heavy atom. The van der Waals surface area contributed by atoms with Crippen LogP contribution in [0.1, 0.15) is 12.6 Å². The van der Waals surface area contributed by atoms with Crippen LogP contribution in [-0.4, -0.2) is 21.9 Å². The van der Waals surface area contributed by atoms with E-state index in [9.17, 15) is 0 Å². The number of hydrogen-bond donors (Lipinski definition) is 0. The van der Waals surface area contributed by atoms with Gasteiger partial charge in [-0.2, -0.15) is 5.10 Å². The smallest absolute Gasteiger partial charge is 0.161 e. The summed E-state index contributed by atoms with van der Waals surface area (Å²) in [6.45, 7) is 2.07. The molecule has 4 nitrogen and oxygen atoms in total. The van der Waals surface area contributed by atoms with Gasteiger partial charge in [0.1, 0.15) is 5.75 Å². The molecule has 14 heavy (non-hydrogen) atoms. The third-order valence-corrected chi connectivity index (χ3v) is 2.30.